The Kier molecular flexibility index (Phi) is 1.27. The van der Waals surface area contributed by atoms with Crippen LogP contribution in [0.2, 0.25) is 0 Å². The molecule has 1 amide bonds. The Morgan fingerprint density at radius 1 is 1.45 bits per heavy atom. The molecule has 0 bridgehead atoms. The van der Waals surface area contributed by atoms with Crippen molar-refractivity contribution in [3.05, 3.63) is 0 Å². The molecule has 0 aromatic rings. The lowest BCUT2D eigenvalue weighted by Gasteiger charge is -2.42. The highest BCUT2D eigenvalue weighted by Gasteiger charge is 2.46. The molecule has 62 valence electrons. The van der Waals surface area contributed by atoms with Crippen molar-refractivity contribution in [1.29, 1.82) is 0 Å². The second-order valence-electron chi connectivity index (χ2n) is 2.97. The minimum atomic E-state index is -2.95. The summed E-state index contributed by atoms with van der Waals surface area (Å²) in [4.78, 5) is 12.3. The van der Waals surface area contributed by atoms with Crippen LogP contribution in [-0.2, 0) is 14.6 Å². The molecule has 1 unspecified atom stereocenters. The molecule has 11 heavy (non-hydrogen) atoms. The van der Waals surface area contributed by atoms with Gasteiger partial charge in [-0.2, -0.15) is 0 Å². The first-order valence-corrected chi connectivity index (χ1v) is 5.34. The topological polar surface area (TPSA) is 54.5 Å². The van der Waals surface area contributed by atoms with Gasteiger partial charge in [0.05, 0.1) is 12.2 Å². The molecule has 5 heteroatoms. The van der Waals surface area contributed by atoms with Crippen LogP contribution in [0.5, 0.6) is 0 Å². The van der Waals surface area contributed by atoms with Gasteiger partial charge < -0.3 is 4.90 Å². The molecule has 2 aliphatic rings. The highest BCUT2D eigenvalue weighted by atomic mass is 32.2. The van der Waals surface area contributed by atoms with Gasteiger partial charge in [-0.3, -0.25) is 4.79 Å². The van der Waals surface area contributed by atoms with Crippen LogP contribution in [0.25, 0.3) is 0 Å². The summed E-state index contributed by atoms with van der Waals surface area (Å²) in [6.07, 6.45) is 0.812. The SMILES string of the molecule is O=C1CC2N1CCCS2(=O)=O. The predicted molar refractivity (Wildman–Crippen MR) is 38.5 cm³/mol. The summed E-state index contributed by atoms with van der Waals surface area (Å²) in [5.74, 6) is 0.236. The molecule has 2 saturated heterocycles. The third-order valence-corrected chi connectivity index (χ3v) is 4.37. The number of rotatable bonds is 0. The van der Waals surface area contributed by atoms with E-state index in [-0.39, 0.29) is 18.1 Å². The second kappa shape index (κ2) is 1.97. The predicted octanol–water partition coefficient (Wildman–Crippen LogP) is -0.637. The van der Waals surface area contributed by atoms with Crippen molar-refractivity contribution in [1.82, 2.24) is 4.90 Å². The Bertz CT molecular complexity index is 295. The monoisotopic (exact) mass is 175 g/mol. The molecule has 0 aromatic heterocycles. The van der Waals surface area contributed by atoms with Crippen LogP contribution in [0.1, 0.15) is 12.8 Å². The maximum Gasteiger partial charge on any atom is 0.226 e. The number of hydrogen-bond donors (Lipinski definition) is 0. The van der Waals surface area contributed by atoms with Crippen LogP contribution >= 0.6 is 0 Å². The van der Waals surface area contributed by atoms with Gasteiger partial charge in [0, 0.05) is 6.54 Å². The number of nitrogens with zero attached hydrogens (tertiary/aromatic N) is 1. The van der Waals surface area contributed by atoms with Crippen molar-refractivity contribution in [3.63, 3.8) is 0 Å². The molecular formula is C6H9NO3S. The molecule has 0 saturated carbocycles. The summed E-state index contributed by atoms with van der Waals surface area (Å²) in [7, 11) is -2.95. The number of carbonyl (C=O) groups excluding carboxylic acids is 1. The van der Waals surface area contributed by atoms with Gasteiger partial charge in [-0.25, -0.2) is 8.42 Å². The van der Waals surface area contributed by atoms with Crippen LogP contribution in [0.3, 0.4) is 0 Å². The molecule has 0 aromatic carbocycles. The zero-order valence-electron chi connectivity index (χ0n) is 5.99. The minimum absolute atomic E-state index is 0.0155. The fourth-order valence-corrected chi connectivity index (χ4v) is 3.40. The Morgan fingerprint density at radius 2 is 2.18 bits per heavy atom. The first-order chi connectivity index (χ1) is 5.11. The van der Waals surface area contributed by atoms with Gasteiger partial charge in [-0.15, -0.1) is 0 Å². The number of amides is 1. The Hall–Kier alpha value is -0.580. The van der Waals surface area contributed by atoms with Crippen LogP contribution in [0, 0.1) is 0 Å². The Balaban J connectivity index is 2.27. The van der Waals surface area contributed by atoms with E-state index in [0.29, 0.717) is 13.0 Å². The van der Waals surface area contributed by atoms with Gasteiger partial charge >= 0.3 is 0 Å². The number of fused-ring (bicyclic) bond motifs is 1. The molecule has 0 N–H and O–H groups in total. The van der Waals surface area contributed by atoms with Gasteiger partial charge in [0.2, 0.25) is 5.91 Å². The molecule has 2 rings (SSSR count). The van der Waals surface area contributed by atoms with Gasteiger partial charge in [0.1, 0.15) is 5.37 Å². The fourth-order valence-electron chi connectivity index (χ4n) is 1.59. The fraction of sp³-hybridized carbons (Fsp3) is 0.833. The highest BCUT2D eigenvalue weighted by molar-refractivity contribution is 7.92. The number of carbonyl (C=O) groups is 1. The molecule has 2 aliphatic heterocycles. The zero-order chi connectivity index (χ0) is 8.06. The van der Waals surface area contributed by atoms with E-state index in [1.807, 2.05) is 0 Å². The van der Waals surface area contributed by atoms with Crippen molar-refractivity contribution in [2.24, 2.45) is 0 Å². The van der Waals surface area contributed by atoms with E-state index in [1.54, 1.807) is 0 Å². The lowest BCUT2D eigenvalue weighted by atomic mass is 10.2. The molecule has 2 heterocycles. The van der Waals surface area contributed by atoms with Crippen molar-refractivity contribution < 1.29 is 13.2 Å². The van der Waals surface area contributed by atoms with Crippen LogP contribution in [0.15, 0.2) is 0 Å². The summed E-state index contributed by atoms with van der Waals surface area (Å²) in [6.45, 7) is 0.628. The van der Waals surface area contributed by atoms with Crippen LogP contribution in [-0.4, -0.2) is 36.9 Å². The number of sulfone groups is 1. The largest absolute Gasteiger partial charge is 0.325 e. The Labute approximate surface area is 65.1 Å². The highest BCUT2D eigenvalue weighted by Crippen LogP contribution is 2.28. The number of hydrogen-bond acceptors (Lipinski definition) is 3. The van der Waals surface area contributed by atoms with Crippen molar-refractivity contribution in [2.45, 2.75) is 18.2 Å². The Morgan fingerprint density at radius 3 is 2.73 bits per heavy atom. The summed E-state index contributed by atoms with van der Waals surface area (Å²) < 4.78 is 22.4. The first-order valence-electron chi connectivity index (χ1n) is 3.62. The quantitative estimate of drug-likeness (QED) is 0.460. The smallest absolute Gasteiger partial charge is 0.226 e. The summed E-state index contributed by atoms with van der Waals surface area (Å²) >= 11 is 0. The lowest BCUT2D eigenvalue weighted by molar-refractivity contribution is -0.142. The van der Waals surface area contributed by atoms with E-state index >= 15 is 0 Å². The molecule has 0 spiro atoms. The minimum Gasteiger partial charge on any atom is -0.325 e. The molecule has 4 nitrogen and oxygen atoms in total. The maximum atomic E-state index is 11.2. The second-order valence-corrected chi connectivity index (χ2v) is 5.24. The zero-order valence-corrected chi connectivity index (χ0v) is 6.80. The maximum absolute atomic E-state index is 11.2. The normalized spacial score (nSPS) is 34.4. The van der Waals surface area contributed by atoms with Crippen molar-refractivity contribution in [3.8, 4) is 0 Å². The van der Waals surface area contributed by atoms with Gasteiger partial charge in [0.25, 0.3) is 0 Å². The third kappa shape index (κ3) is 0.870. The molecular weight excluding hydrogens is 166 g/mol. The average molecular weight is 175 g/mol. The van der Waals surface area contributed by atoms with Gasteiger partial charge in [0.15, 0.2) is 9.84 Å². The summed E-state index contributed by atoms with van der Waals surface area (Å²) in [6, 6.07) is 0. The standard InChI is InChI=1S/C6H9NO3S/c8-5-4-6-7(5)2-1-3-11(6,9)10/h6H,1-4H2. The van der Waals surface area contributed by atoms with E-state index in [2.05, 4.69) is 0 Å². The van der Waals surface area contributed by atoms with Gasteiger partial charge in [-0.05, 0) is 6.42 Å². The molecule has 2 fully saturated rings. The van der Waals surface area contributed by atoms with Crippen LogP contribution < -0.4 is 0 Å². The third-order valence-electron chi connectivity index (χ3n) is 2.26. The lowest BCUT2D eigenvalue weighted by Crippen LogP contribution is -2.60. The molecule has 0 radical (unpaired) electrons. The summed E-state index contributed by atoms with van der Waals surface area (Å²) in [5, 5.41) is -0.469. The van der Waals surface area contributed by atoms with Gasteiger partial charge in [-0.1, -0.05) is 0 Å². The van der Waals surface area contributed by atoms with E-state index < -0.39 is 15.2 Å². The molecule has 0 aliphatic carbocycles. The van der Waals surface area contributed by atoms with Crippen molar-refractivity contribution >= 4 is 15.7 Å². The number of β-lactam (4-membered cyclic amide) rings is 1. The summed E-state index contributed by atoms with van der Waals surface area (Å²) in [5.41, 5.74) is 0. The van der Waals surface area contributed by atoms with E-state index in [9.17, 15) is 13.2 Å². The first kappa shape index (κ1) is 7.09. The van der Waals surface area contributed by atoms with Crippen LogP contribution in [0.4, 0.5) is 0 Å². The average Bonchev–Trinajstić information content (AvgIpc) is 1.91. The van der Waals surface area contributed by atoms with E-state index in [0.717, 1.165) is 0 Å². The van der Waals surface area contributed by atoms with Crippen molar-refractivity contribution in [2.75, 3.05) is 12.3 Å². The van der Waals surface area contributed by atoms with E-state index in [4.69, 9.17) is 0 Å². The van der Waals surface area contributed by atoms with E-state index in [1.165, 1.54) is 4.90 Å². The molecule has 1 atom stereocenters.